The summed E-state index contributed by atoms with van der Waals surface area (Å²) < 4.78 is 1.81. The van der Waals surface area contributed by atoms with E-state index in [0.717, 1.165) is 28.2 Å². The second kappa shape index (κ2) is 9.98. The second-order valence-electron chi connectivity index (χ2n) is 8.60. The van der Waals surface area contributed by atoms with E-state index in [1.165, 1.54) is 0 Å². The molecule has 0 aliphatic rings. The average Bonchev–Trinajstić information content (AvgIpc) is 2.91. The van der Waals surface area contributed by atoms with Crippen molar-refractivity contribution in [1.29, 1.82) is 0 Å². The predicted octanol–water partition coefficient (Wildman–Crippen LogP) is 4.88. The van der Waals surface area contributed by atoms with E-state index in [2.05, 4.69) is 30.6 Å². The van der Waals surface area contributed by atoms with Gasteiger partial charge in [0.15, 0.2) is 0 Å². The normalized spacial score (nSPS) is 10.9. The lowest BCUT2D eigenvalue weighted by Crippen LogP contribution is -2.24. The van der Waals surface area contributed by atoms with E-state index in [-0.39, 0.29) is 11.0 Å². The van der Waals surface area contributed by atoms with Crippen molar-refractivity contribution in [3.63, 3.8) is 0 Å². The van der Waals surface area contributed by atoms with Crippen molar-refractivity contribution in [3.05, 3.63) is 100 Å². The van der Waals surface area contributed by atoms with Crippen molar-refractivity contribution in [2.45, 2.75) is 27.3 Å². The summed E-state index contributed by atoms with van der Waals surface area (Å²) in [4.78, 5) is 43.8. The zero-order valence-electron chi connectivity index (χ0n) is 20.7. The van der Waals surface area contributed by atoms with E-state index in [1.54, 1.807) is 49.1 Å². The smallest absolute Gasteiger partial charge is 0.261 e. The molecule has 2 N–H and O–H groups in total. The highest BCUT2D eigenvalue weighted by Gasteiger charge is 2.17. The molecule has 0 radical (unpaired) electrons. The summed E-state index contributed by atoms with van der Waals surface area (Å²) in [6.45, 7) is 6.33. The fourth-order valence-electron chi connectivity index (χ4n) is 4.01. The molecular formula is C28H25N7O2. The molecule has 9 heteroatoms. The summed E-state index contributed by atoms with van der Waals surface area (Å²) in [5, 5.41) is 6.50. The minimum Gasteiger partial charge on any atom is -0.332 e. The lowest BCUT2D eigenvalue weighted by molar-refractivity contribution is 0.102. The molecule has 4 aromatic heterocycles. The number of rotatable bonds is 6. The van der Waals surface area contributed by atoms with Crippen LogP contribution >= 0.6 is 0 Å². The third-order valence-electron chi connectivity index (χ3n) is 6.00. The zero-order valence-corrected chi connectivity index (χ0v) is 20.7. The van der Waals surface area contributed by atoms with Crippen LogP contribution < -0.4 is 16.1 Å². The lowest BCUT2D eigenvalue weighted by atomic mass is 10.1. The number of carbonyl (C=O) groups excluding carboxylic acids is 1. The molecule has 0 unspecified atom stereocenters. The van der Waals surface area contributed by atoms with Gasteiger partial charge in [0.1, 0.15) is 11.2 Å². The molecule has 0 bridgehead atoms. The first kappa shape index (κ1) is 23.8. The van der Waals surface area contributed by atoms with E-state index in [4.69, 9.17) is 0 Å². The van der Waals surface area contributed by atoms with Gasteiger partial charge in [-0.15, -0.1) is 0 Å². The average molecular weight is 492 g/mol. The van der Waals surface area contributed by atoms with Crippen molar-refractivity contribution in [2.24, 2.45) is 0 Å². The fourth-order valence-corrected chi connectivity index (χ4v) is 4.01. The molecule has 1 amide bonds. The van der Waals surface area contributed by atoms with Crippen LogP contribution in [-0.4, -0.2) is 30.4 Å². The standard InChI is InChI=1S/C28H25N7O2/c1-4-35-16-22(25(36)21-10-8-18(3)31-26(21)35)27(37)32-20-9-7-17(2)24(14-20)34-28-30-13-11-23(33-28)19-6-5-12-29-15-19/h5-16H,4H2,1-3H3,(H,32,37)(H,30,33,34). The third-order valence-corrected chi connectivity index (χ3v) is 6.00. The molecule has 9 nitrogen and oxygen atoms in total. The highest BCUT2D eigenvalue weighted by Crippen LogP contribution is 2.24. The largest absolute Gasteiger partial charge is 0.332 e. The quantitative estimate of drug-likeness (QED) is 0.348. The van der Waals surface area contributed by atoms with Gasteiger partial charge in [-0.25, -0.2) is 15.0 Å². The summed E-state index contributed by atoms with van der Waals surface area (Å²) in [5.41, 5.74) is 4.90. The van der Waals surface area contributed by atoms with Gasteiger partial charge in [0.05, 0.1) is 11.1 Å². The Morgan fingerprint density at radius 2 is 1.89 bits per heavy atom. The Kier molecular flexibility index (Phi) is 6.42. The van der Waals surface area contributed by atoms with Gasteiger partial charge in [-0.2, -0.15) is 0 Å². The number of benzene rings is 1. The minimum atomic E-state index is -0.487. The molecule has 0 aliphatic heterocycles. The van der Waals surface area contributed by atoms with Gasteiger partial charge in [0.2, 0.25) is 11.4 Å². The number of hydrogen-bond donors (Lipinski definition) is 2. The highest BCUT2D eigenvalue weighted by molar-refractivity contribution is 6.05. The highest BCUT2D eigenvalue weighted by atomic mass is 16.2. The lowest BCUT2D eigenvalue weighted by Gasteiger charge is -2.13. The number of aromatic nitrogens is 5. The molecule has 5 rings (SSSR count). The molecule has 4 heterocycles. The molecule has 0 saturated carbocycles. The SMILES string of the molecule is CCn1cc(C(=O)Nc2ccc(C)c(Nc3nccc(-c4cccnc4)n3)c2)c(=O)c2ccc(C)nc21. The number of fused-ring (bicyclic) bond motifs is 1. The summed E-state index contributed by atoms with van der Waals surface area (Å²) in [6.07, 6.45) is 6.69. The molecule has 0 atom stereocenters. The van der Waals surface area contributed by atoms with Crippen molar-refractivity contribution in [3.8, 4) is 11.3 Å². The summed E-state index contributed by atoms with van der Waals surface area (Å²) >= 11 is 0. The topological polar surface area (TPSA) is 115 Å². The monoisotopic (exact) mass is 491 g/mol. The van der Waals surface area contributed by atoms with Gasteiger partial charge in [0, 0.05) is 54.0 Å². The Morgan fingerprint density at radius 1 is 1.03 bits per heavy atom. The van der Waals surface area contributed by atoms with E-state index >= 15 is 0 Å². The molecule has 0 saturated heterocycles. The molecule has 37 heavy (non-hydrogen) atoms. The van der Waals surface area contributed by atoms with Crippen LogP contribution in [0, 0.1) is 13.8 Å². The molecular weight excluding hydrogens is 466 g/mol. The Hall–Kier alpha value is -4.92. The molecule has 5 aromatic rings. The van der Waals surface area contributed by atoms with Gasteiger partial charge in [-0.05, 0) is 68.8 Å². The number of hydrogen-bond acceptors (Lipinski definition) is 7. The number of carbonyl (C=O) groups is 1. The molecule has 0 aliphatic carbocycles. The maximum atomic E-state index is 13.2. The van der Waals surface area contributed by atoms with E-state index in [0.29, 0.717) is 29.2 Å². The Balaban J connectivity index is 1.42. The van der Waals surface area contributed by atoms with Gasteiger partial charge < -0.3 is 15.2 Å². The first-order valence-corrected chi connectivity index (χ1v) is 11.9. The molecule has 0 spiro atoms. The van der Waals surface area contributed by atoms with Crippen LogP contribution in [0.1, 0.15) is 28.5 Å². The number of amides is 1. The number of anilines is 3. The maximum Gasteiger partial charge on any atom is 0.261 e. The van der Waals surface area contributed by atoms with Gasteiger partial charge in [-0.1, -0.05) is 6.07 Å². The zero-order chi connectivity index (χ0) is 25.9. The van der Waals surface area contributed by atoms with Crippen LogP contribution in [0.15, 0.2) is 78.1 Å². The Bertz CT molecular complexity index is 1680. The van der Waals surface area contributed by atoms with Crippen LogP contribution in [0.4, 0.5) is 17.3 Å². The molecule has 0 fully saturated rings. The van der Waals surface area contributed by atoms with Gasteiger partial charge >= 0.3 is 0 Å². The number of nitrogens with zero attached hydrogens (tertiary/aromatic N) is 5. The fraction of sp³-hybridized carbons (Fsp3) is 0.143. The van der Waals surface area contributed by atoms with Crippen molar-refractivity contribution >= 4 is 34.3 Å². The van der Waals surface area contributed by atoms with Crippen molar-refractivity contribution < 1.29 is 4.79 Å². The minimum absolute atomic E-state index is 0.0580. The number of nitrogens with one attached hydrogen (secondary N) is 2. The first-order chi connectivity index (χ1) is 17.9. The number of aryl methyl sites for hydroxylation is 3. The van der Waals surface area contributed by atoms with E-state index < -0.39 is 5.91 Å². The summed E-state index contributed by atoms with van der Waals surface area (Å²) in [5.74, 6) is -0.0737. The first-order valence-electron chi connectivity index (χ1n) is 11.9. The van der Waals surface area contributed by atoms with Crippen molar-refractivity contribution in [1.82, 2.24) is 24.5 Å². The predicted molar refractivity (Wildman–Crippen MR) is 144 cm³/mol. The van der Waals surface area contributed by atoms with Crippen LogP contribution in [0.5, 0.6) is 0 Å². The van der Waals surface area contributed by atoms with Crippen LogP contribution in [0.25, 0.3) is 22.3 Å². The molecule has 184 valence electrons. The van der Waals surface area contributed by atoms with Crippen LogP contribution in [0.3, 0.4) is 0 Å². The van der Waals surface area contributed by atoms with E-state index in [9.17, 15) is 9.59 Å². The third kappa shape index (κ3) is 4.92. The Morgan fingerprint density at radius 3 is 2.68 bits per heavy atom. The van der Waals surface area contributed by atoms with E-state index in [1.807, 2.05) is 49.6 Å². The van der Waals surface area contributed by atoms with Gasteiger partial charge in [-0.3, -0.25) is 14.6 Å². The second-order valence-corrected chi connectivity index (χ2v) is 8.60. The van der Waals surface area contributed by atoms with Crippen LogP contribution in [-0.2, 0) is 6.54 Å². The van der Waals surface area contributed by atoms with Crippen molar-refractivity contribution in [2.75, 3.05) is 10.6 Å². The number of pyridine rings is 3. The summed E-state index contributed by atoms with van der Waals surface area (Å²) in [7, 11) is 0. The molecule has 1 aromatic carbocycles. The Labute approximate surface area is 213 Å². The maximum absolute atomic E-state index is 13.2. The van der Waals surface area contributed by atoms with Crippen LogP contribution in [0.2, 0.25) is 0 Å². The van der Waals surface area contributed by atoms with Gasteiger partial charge in [0.25, 0.3) is 5.91 Å². The summed E-state index contributed by atoms with van der Waals surface area (Å²) in [6, 6.07) is 14.5.